The van der Waals surface area contributed by atoms with E-state index in [-0.39, 0.29) is 18.0 Å². The third-order valence-corrected chi connectivity index (χ3v) is 6.22. The number of carbonyl (C=O) groups excluding carboxylic acids is 1. The Morgan fingerprint density at radius 3 is 2.73 bits per heavy atom. The largest absolute Gasteiger partial charge is 0.485 e. The van der Waals surface area contributed by atoms with E-state index in [1.165, 1.54) is 0 Å². The summed E-state index contributed by atoms with van der Waals surface area (Å²) in [4.78, 5) is 25.5. The minimum atomic E-state index is -0.256. The van der Waals surface area contributed by atoms with Crippen molar-refractivity contribution in [2.24, 2.45) is 7.05 Å². The molecule has 0 atom stereocenters. The summed E-state index contributed by atoms with van der Waals surface area (Å²) in [5, 5.41) is 1.77. The van der Waals surface area contributed by atoms with Crippen LogP contribution in [0.1, 0.15) is 39.2 Å². The van der Waals surface area contributed by atoms with Crippen molar-refractivity contribution in [3.63, 3.8) is 0 Å². The van der Waals surface area contributed by atoms with Crippen molar-refractivity contribution in [3.05, 3.63) is 74.8 Å². The van der Waals surface area contributed by atoms with Crippen molar-refractivity contribution in [2.75, 3.05) is 6.61 Å². The van der Waals surface area contributed by atoms with Crippen LogP contribution >= 0.6 is 0 Å². The zero-order chi connectivity index (χ0) is 21.0. The van der Waals surface area contributed by atoms with E-state index in [2.05, 4.69) is 0 Å². The number of carbonyl (C=O) groups is 1. The predicted octanol–water partition coefficient (Wildman–Crippen LogP) is 4.65. The Balaban J connectivity index is 1.55. The number of Topliss-reactive ketones (excluding diaryl/α,β-unsaturated/α-hetero) is 1. The average Bonchev–Trinajstić information content (AvgIpc) is 3.30. The number of para-hydroxylation sites is 1. The molecule has 5 rings (SSSR count). The van der Waals surface area contributed by atoms with Gasteiger partial charge in [-0.15, -0.1) is 0 Å². The number of hydrogen-bond donors (Lipinski definition) is 0. The lowest BCUT2D eigenvalue weighted by atomic mass is 10.0. The van der Waals surface area contributed by atoms with Gasteiger partial charge in [-0.3, -0.25) is 4.79 Å². The molecule has 0 spiro atoms. The third-order valence-electron chi connectivity index (χ3n) is 6.22. The molecule has 4 aromatic rings. The third kappa shape index (κ3) is 2.76. The van der Waals surface area contributed by atoms with Crippen molar-refractivity contribution in [1.29, 1.82) is 0 Å². The van der Waals surface area contributed by atoms with Crippen molar-refractivity contribution in [3.8, 4) is 5.75 Å². The number of aromatic nitrogens is 1. The maximum Gasteiger partial charge on any atom is 0.339 e. The summed E-state index contributed by atoms with van der Waals surface area (Å²) in [6, 6.07) is 11.7. The van der Waals surface area contributed by atoms with Gasteiger partial charge in [0.2, 0.25) is 5.78 Å². The molecule has 0 saturated heterocycles. The monoisotopic (exact) mass is 401 g/mol. The highest BCUT2D eigenvalue weighted by Crippen LogP contribution is 2.35. The molecule has 5 heteroatoms. The molecule has 0 radical (unpaired) electrons. The molecule has 5 nitrogen and oxygen atoms in total. The highest BCUT2D eigenvalue weighted by atomic mass is 16.5. The number of ketones is 1. The van der Waals surface area contributed by atoms with Crippen LogP contribution in [-0.2, 0) is 19.9 Å². The molecule has 0 N–H and O–H groups in total. The molecule has 2 aromatic carbocycles. The summed E-state index contributed by atoms with van der Waals surface area (Å²) in [6.45, 7) is 3.81. The first kappa shape index (κ1) is 18.7. The lowest BCUT2D eigenvalue weighted by Gasteiger charge is -2.13. The first-order chi connectivity index (χ1) is 14.5. The highest BCUT2D eigenvalue weighted by molar-refractivity contribution is 6.10. The molecule has 2 heterocycles. The van der Waals surface area contributed by atoms with Gasteiger partial charge in [0.25, 0.3) is 0 Å². The predicted molar refractivity (Wildman–Crippen MR) is 117 cm³/mol. The maximum absolute atomic E-state index is 13.2. The Labute approximate surface area is 173 Å². The van der Waals surface area contributed by atoms with Crippen LogP contribution < -0.4 is 10.4 Å². The lowest BCUT2D eigenvalue weighted by Crippen LogP contribution is -2.14. The molecule has 0 saturated carbocycles. The van der Waals surface area contributed by atoms with E-state index in [0.29, 0.717) is 16.9 Å². The van der Waals surface area contributed by atoms with Gasteiger partial charge < -0.3 is 13.7 Å². The van der Waals surface area contributed by atoms with Gasteiger partial charge >= 0.3 is 5.63 Å². The Hall–Kier alpha value is -3.34. The maximum atomic E-state index is 13.2. The molecular formula is C25H23NO4. The van der Waals surface area contributed by atoms with Crippen LogP contribution in [0.3, 0.4) is 0 Å². The number of rotatable bonds is 4. The number of ether oxygens (including phenoxy) is 1. The molecule has 0 bridgehead atoms. The van der Waals surface area contributed by atoms with Crippen molar-refractivity contribution in [1.82, 2.24) is 4.57 Å². The lowest BCUT2D eigenvalue weighted by molar-refractivity contribution is 0.0923. The van der Waals surface area contributed by atoms with Gasteiger partial charge in [-0.2, -0.15) is 0 Å². The molecule has 0 fully saturated rings. The molecule has 1 aliphatic rings. The molecule has 152 valence electrons. The van der Waals surface area contributed by atoms with Gasteiger partial charge in [0, 0.05) is 34.8 Å². The number of benzene rings is 2. The summed E-state index contributed by atoms with van der Waals surface area (Å²) in [5.74, 6) is 0.547. The minimum absolute atomic E-state index is 0.0621. The molecule has 1 aliphatic carbocycles. The van der Waals surface area contributed by atoms with Gasteiger partial charge in [-0.05, 0) is 62.4 Å². The van der Waals surface area contributed by atoms with Crippen LogP contribution in [0, 0.1) is 13.8 Å². The van der Waals surface area contributed by atoms with E-state index >= 15 is 0 Å². The van der Waals surface area contributed by atoms with Gasteiger partial charge in [0.15, 0.2) is 6.61 Å². The molecule has 2 aromatic heterocycles. The van der Waals surface area contributed by atoms with Gasteiger partial charge in [0.05, 0.1) is 5.39 Å². The van der Waals surface area contributed by atoms with Crippen LogP contribution in [-0.4, -0.2) is 17.0 Å². The van der Waals surface area contributed by atoms with Gasteiger partial charge in [-0.25, -0.2) is 4.79 Å². The number of fused-ring (bicyclic) bond motifs is 4. The zero-order valence-electron chi connectivity index (χ0n) is 17.4. The van der Waals surface area contributed by atoms with E-state index in [1.807, 2.05) is 61.9 Å². The van der Waals surface area contributed by atoms with E-state index in [9.17, 15) is 9.59 Å². The summed E-state index contributed by atoms with van der Waals surface area (Å²) in [7, 11) is 1.97. The molecule has 0 unspecified atom stereocenters. The van der Waals surface area contributed by atoms with Crippen LogP contribution in [0.25, 0.3) is 21.9 Å². The first-order valence-electron chi connectivity index (χ1n) is 10.2. The zero-order valence-corrected chi connectivity index (χ0v) is 17.4. The Morgan fingerprint density at radius 2 is 1.90 bits per heavy atom. The van der Waals surface area contributed by atoms with E-state index in [0.717, 1.165) is 57.9 Å². The van der Waals surface area contributed by atoms with Gasteiger partial charge in [0.1, 0.15) is 11.3 Å². The fourth-order valence-electron chi connectivity index (χ4n) is 4.71. The topological polar surface area (TPSA) is 61.4 Å². The first-order valence-corrected chi connectivity index (χ1v) is 10.2. The normalized spacial score (nSPS) is 13.2. The van der Waals surface area contributed by atoms with Crippen LogP contribution in [0.5, 0.6) is 5.75 Å². The second kappa shape index (κ2) is 6.87. The van der Waals surface area contributed by atoms with Crippen LogP contribution in [0.15, 0.2) is 45.6 Å². The molecule has 30 heavy (non-hydrogen) atoms. The second-order valence-electron chi connectivity index (χ2n) is 8.08. The van der Waals surface area contributed by atoms with Crippen molar-refractivity contribution >= 4 is 27.7 Å². The highest BCUT2D eigenvalue weighted by Gasteiger charge is 2.24. The summed E-state index contributed by atoms with van der Waals surface area (Å²) in [5.41, 5.74) is 5.59. The van der Waals surface area contributed by atoms with Crippen LogP contribution in [0.4, 0.5) is 0 Å². The number of aryl methyl sites for hydroxylation is 3. The number of hydrogen-bond acceptors (Lipinski definition) is 4. The Morgan fingerprint density at radius 1 is 1.13 bits per heavy atom. The molecular weight excluding hydrogens is 378 g/mol. The van der Waals surface area contributed by atoms with Gasteiger partial charge in [-0.1, -0.05) is 18.2 Å². The SMILES string of the molecule is Cc1cc(OCC(=O)c2c(C)n(C)c3ccccc23)c2c3c(c(=O)oc2c1)CCC3. The minimum Gasteiger partial charge on any atom is -0.485 e. The quantitative estimate of drug-likeness (QED) is 0.369. The Bertz CT molecular complexity index is 1390. The van der Waals surface area contributed by atoms with E-state index in [1.54, 1.807) is 0 Å². The summed E-state index contributed by atoms with van der Waals surface area (Å²) < 4.78 is 13.7. The smallest absolute Gasteiger partial charge is 0.339 e. The fourth-order valence-corrected chi connectivity index (χ4v) is 4.71. The standard InChI is InChI=1S/C25H23NO4/c1-14-11-21(24-16-8-6-9-17(16)25(28)30-22(24)12-14)29-13-20(27)23-15(2)26(3)19-10-5-4-7-18(19)23/h4-5,7,10-12H,6,8-9,13H2,1-3H3. The summed E-state index contributed by atoms with van der Waals surface area (Å²) in [6.07, 6.45) is 2.49. The van der Waals surface area contributed by atoms with E-state index in [4.69, 9.17) is 9.15 Å². The second-order valence-corrected chi connectivity index (χ2v) is 8.08. The van der Waals surface area contributed by atoms with Crippen molar-refractivity contribution < 1.29 is 13.9 Å². The molecule has 0 aliphatic heterocycles. The summed E-state index contributed by atoms with van der Waals surface area (Å²) >= 11 is 0. The average molecular weight is 401 g/mol. The van der Waals surface area contributed by atoms with Crippen LogP contribution in [0.2, 0.25) is 0 Å². The Kier molecular flexibility index (Phi) is 4.28. The molecule has 0 amide bonds. The van der Waals surface area contributed by atoms with Crippen molar-refractivity contribution in [2.45, 2.75) is 33.1 Å². The van der Waals surface area contributed by atoms with E-state index < -0.39 is 0 Å². The fraction of sp³-hybridized carbons (Fsp3) is 0.280. The number of nitrogens with zero attached hydrogens (tertiary/aromatic N) is 1.